The molecular weight excluding hydrogens is 211 g/mol. The van der Waals surface area contributed by atoms with E-state index in [-0.39, 0.29) is 0 Å². The van der Waals surface area contributed by atoms with Gasteiger partial charge >= 0.3 is 5.63 Å². The molecule has 4 heteroatoms. The molecule has 0 saturated heterocycles. The third-order valence-corrected chi connectivity index (χ3v) is 2.40. The van der Waals surface area contributed by atoms with Crippen LogP contribution in [0.25, 0.3) is 10.8 Å². The topological polar surface area (TPSA) is 30.2 Å². The lowest BCUT2D eigenvalue weighted by molar-refractivity contribution is 0.519. The van der Waals surface area contributed by atoms with Gasteiger partial charge in [0.2, 0.25) is 0 Å². The van der Waals surface area contributed by atoms with E-state index in [0.717, 1.165) is 0 Å². The van der Waals surface area contributed by atoms with Crippen molar-refractivity contribution in [3.05, 3.63) is 44.9 Å². The van der Waals surface area contributed by atoms with E-state index in [1.165, 1.54) is 6.26 Å². The molecule has 0 spiro atoms. The monoisotopic (exact) mass is 214 g/mol. The van der Waals surface area contributed by atoms with Gasteiger partial charge in [-0.3, -0.25) is 0 Å². The Labute approximate surface area is 83.7 Å². The first-order valence-electron chi connectivity index (χ1n) is 3.55. The minimum atomic E-state index is -0.468. The summed E-state index contributed by atoms with van der Waals surface area (Å²) in [4.78, 5) is 11.2. The highest BCUT2D eigenvalue weighted by Gasteiger charge is 2.06. The summed E-state index contributed by atoms with van der Waals surface area (Å²) >= 11 is 11.7. The molecule has 0 aliphatic rings. The number of hydrogen-bond donors (Lipinski definition) is 0. The van der Waals surface area contributed by atoms with E-state index in [0.29, 0.717) is 20.8 Å². The Kier molecular flexibility index (Phi) is 2.02. The Hall–Kier alpha value is -0.990. The Morgan fingerprint density at radius 1 is 1.08 bits per heavy atom. The molecule has 0 bridgehead atoms. The van der Waals surface area contributed by atoms with E-state index in [1.807, 2.05) is 0 Å². The fraction of sp³-hybridized carbons (Fsp3) is 0. The lowest BCUT2D eigenvalue weighted by Gasteiger charge is -1.99. The highest BCUT2D eigenvalue weighted by atomic mass is 35.5. The number of rotatable bonds is 0. The highest BCUT2D eigenvalue weighted by molar-refractivity contribution is 6.40. The van der Waals surface area contributed by atoms with Crippen LogP contribution in [-0.2, 0) is 0 Å². The molecule has 0 radical (unpaired) electrons. The van der Waals surface area contributed by atoms with E-state index in [4.69, 9.17) is 23.2 Å². The molecule has 1 heterocycles. The number of benzene rings is 1. The van der Waals surface area contributed by atoms with Gasteiger partial charge in [-0.15, -0.1) is 0 Å². The molecule has 2 aromatic rings. The van der Waals surface area contributed by atoms with Crippen LogP contribution >= 0.6 is 23.2 Å². The molecule has 1 aromatic heterocycles. The van der Waals surface area contributed by atoms with Gasteiger partial charge in [-0.1, -0.05) is 23.2 Å². The molecular formula is C9H4Cl2O2. The minimum absolute atomic E-state index is 0.330. The quantitative estimate of drug-likeness (QED) is 0.675. The molecule has 1 aromatic carbocycles. The normalized spacial score (nSPS) is 10.6. The van der Waals surface area contributed by atoms with Gasteiger partial charge in [0, 0.05) is 10.4 Å². The molecule has 0 aliphatic heterocycles. The van der Waals surface area contributed by atoms with Crippen LogP contribution in [0.4, 0.5) is 0 Å². The molecule has 0 aliphatic carbocycles. The third-order valence-electron chi connectivity index (χ3n) is 1.76. The van der Waals surface area contributed by atoms with Gasteiger partial charge in [0.1, 0.15) is 0 Å². The maximum Gasteiger partial charge on any atom is 0.345 e. The standard InChI is InChI=1S/C9H4Cl2O2/c10-6-1-2-7(11)8-5(6)3-4-13-9(8)12/h1-4H. The molecule has 2 nitrogen and oxygen atoms in total. The molecule has 0 fully saturated rings. The Morgan fingerprint density at radius 2 is 1.77 bits per heavy atom. The van der Waals surface area contributed by atoms with Crippen LogP contribution in [0.3, 0.4) is 0 Å². The van der Waals surface area contributed by atoms with Gasteiger partial charge < -0.3 is 4.42 Å². The fourth-order valence-electron chi connectivity index (χ4n) is 1.16. The molecule has 0 atom stereocenters. The van der Waals surface area contributed by atoms with Gasteiger partial charge in [-0.25, -0.2) is 4.79 Å². The largest absolute Gasteiger partial charge is 0.431 e. The smallest absolute Gasteiger partial charge is 0.345 e. The molecule has 0 saturated carbocycles. The first-order chi connectivity index (χ1) is 6.20. The van der Waals surface area contributed by atoms with Crippen molar-refractivity contribution < 1.29 is 4.42 Å². The Bertz CT molecular complexity index is 516. The van der Waals surface area contributed by atoms with Crippen molar-refractivity contribution in [1.82, 2.24) is 0 Å². The van der Waals surface area contributed by atoms with Gasteiger partial charge in [0.15, 0.2) is 0 Å². The molecule has 0 unspecified atom stereocenters. The first-order valence-corrected chi connectivity index (χ1v) is 4.31. The van der Waals surface area contributed by atoms with E-state index in [2.05, 4.69) is 4.42 Å². The average Bonchev–Trinajstić information content (AvgIpc) is 2.12. The van der Waals surface area contributed by atoms with Gasteiger partial charge in [-0.2, -0.15) is 0 Å². The second-order valence-electron chi connectivity index (χ2n) is 2.53. The summed E-state index contributed by atoms with van der Waals surface area (Å²) < 4.78 is 4.68. The third kappa shape index (κ3) is 1.32. The lowest BCUT2D eigenvalue weighted by atomic mass is 10.2. The van der Waals surface area contributed by atoms with Crippen LogP contribution in [0.5, 0.6) is 0 Å². The summed E-state index contributed by atoms with van der Waals surface area (Å²) in [5.74, 6) is 0. The second-order valence-corrected chi connectivity index (χ2v) is 3.34. The van der Waals surface area contributed by atoms with E-state index in [1.54, 1.807) is 18.2 Å². The van der Waals surface area contributed by atoms with Crippen molar-refractivity contribution in [1.29, 1.82) is 0 Å². The van der Waals surface area contributed by atoms with Gasteiger partial charge in [0.05, 0.1) is 16.7 Å². The van der Waals surface area contributed by atoms with Crippen LogP contribution in [0.1, 0.15) is 0 Å². The fourth-order valence-corrected chi connectivity index (χ4v) is 1.62. The van der Waals surface area contributed by atoms with E-state index < -0.39 is 5.63 Å². The zero-order chi connectivity index (χ0) is 9.42. The number of hydrogen-bond acceptors (Lipinski definition) is 2. The van der Waals surface area contributed by atoms with Crippen LogP contribution in [-0.4, -0.2) is 0 Å². The molecule has 0 N–H and O–H groups in total. The molecule has 13 heavy (non-hydrogen) atoms. The van der Waals surface area contributed by atoms with Crippen LogP contribution in [0.15, 0.2) is 33.7 Å². The summed E-state index contributed by atoms with van der Waals surface area (Å²) in [6.07, 6.45) is 1.30. The van der Waals surface area contributed by atoms with Gasteiger partial charge in [0.25, 0.3) is 0 Å². The van der Waals surface area contributed by atoms with E-state index >= 15 is 0 Å². The van der Waals surface area contributed by atoms with Crippen LogP contribution in [0, 0.1) is 0 Å². The zero-order valence-corrected chi connectivity index (χ0v) is 7.89. The Balaban J connectivity index is 3.09. The molecule has 2 rings (SSSR count). The van der Waals surface area contributed by atoms with Crippen molar-refractivity contribution in [2.45, 2.75) is 0 Å². The van der Waals surface area contributed by atoms with Crippen molar-refractivity contribution in [3.63, 3.8) is 0 Å². The van der Waals surface area contributed by atoms with Crippen molar-refractivity contribution in [2.75, 3.05) is 0 Å². The predicted molar refractivity (Wildman–Crippen MR) is 52.5 cm³/mol. The minimum Gasteiger partial charge on any atom is -0.431 e. The number of halogens is 2. The molecule has 66 valence electrons. The van der Waals surface area contributed by atoms with Crippen molar-refractivity contribution >= 4 is 34.0 Å². The Morgan fingerprint density at radius 3 is 2.46 bits per heavy atom. The molecule has 0 amide bonds. The predicted octanol–water partition coefficient (Wildman–Crippen LogP) is 3.10. The van der Waals surface area contributed by atoms with Crippen molar-refractivity contribution in [3.8, 4) is 0 Å². The maximum atomic E-state index is 11.2. The summed E-state index contributed by atoms with van der Waals surface area (Å²) in [5.41, 5.74) is -0.468. The maximum absolute atomic E-state index is 11.2. The zero-order valence-electron chi connectivity index (χ0n) is 6.38. The van der Waals surface area contributed by atoms with Crippen LogP contribution < -0.4 is 5.63 Å². The summed E-state index contributed by atoms with van der Waals surface area (Å²) in [5, 5.41) is 1.79. The van der Waals surface area contributed by atoms with E-state index in [9.17, 15) is 4.79 Å². The van der Waals surface area contributed by atoms with Gasteiger partial charge in [-0.05, 0) is 18.2 Å². The highest BCUT2D eigenvalue weighted by Crippen LogP contribution is 2.26. The first kappa shape index (κ1) is 8.60. The SMILES string of the molecule is O=c1occc2c(Cl)ccc(Cl)c12. The second kappa shape index (κ2) is 3.05. The van der Waals surface area contributed by atoms with Crippen LogP contribution in [0.2, 0.25) is 10.0 Å². The summed E-state index contributed by atoms with van der Waals surface area (Å²) in [7, 11) is 0. The summed E-state index contributed by atoms with van der Waals surface area (Å²) in [6.45, 7) is 0. The number of fused-ring (bicyclic) bond motifs is 1. The average molecular weight is 215 g/mol. The lowest BCUT2D eigenvalue weighted by Crippen LogP contribution is -1.98. The van der Waals surface area contributed by atoms with Crippen molar-refractivity contribution in [2.24, 2.45) is 0 Å². The summed E-state index contributed by atoms with van der Waals surface area (Å²) in [6, 6.07) is 4.83.